The SMILES string of the molecule is CCOC(=O)C(N)CCCCN(CC(C)O)CC(C)O. The van der Waals surface area contributed by atoms with Crippen LogP contribution in [0, 0.1) is 0 Å². The molecular formula is C14H30N2O4. The van der Waals surface area contributed by atoms with E-state index in [1.165, 1.54) is 0 Å². The fraction of sp³-hybridized carbons (Fsp3) is 0.929. The fourth-order valence-electron chi connectivity index (χ4n) is 2.07. The van der Waals surface area contributed by atoms with E-state index >= 15 is 0 Å². The van der Waals surface area contributed by atoms with Gasteiger partial charge in [-0.2, -0.15) is 0 Å². The van der Waals surface area contributed by atoms with Crippen molar-refractivity contribution in [3.8, 4) is 0 Å². The van der Waals surface area contributed by atoms with Gasteiger partial charge in [-0.05, 0) is 40.2 Å². The molecule has 6 heteroatoms. The Labute approximate surface area is 121 Å². The van der Waals surface area contributed by atoms with Gasteiger partial charge in [0.15, 0.2) is 0 Å². The number of rotatable bonds is 11. The van der Waals surface area contributed by atoms with Gasteiger partial charge in [0.05, 0.1) is 18.8 Å². The second-order valence-corrected chi connectivity index (χ2v) is 5.31. The molecule has 0 aliphatic rings. The molecule has 3 unspecified atom stereocenters. The largest absolute Gasteiger partial charge is 0.465 e. The number of unbranched alkanes of at least 4 members (excludes halogenated alkanes) is 1. The van der Waals surface area contributed by atoms with Gasteiger partial charge in [-0.15, -0.1) is 0 Å². The lowest BCUT2D eigenvalue weighted by molar-refractivity contribution is -0.144. The summed E-state index contributed by atoms with van der Waals surface area (Å²) in [6.07, 6.45) is 1.43. The van der Waals surface area contributed by atoms with Crippen molar-refractivity contribution in [3.05, 3.63) is 0 Å². The van der Waals surface area contributed by atoms with Gasteiger partial charge in [0.25, 0.3) is 0 Å². The van der Waals surface area contributed by atoms with Gasteiger partial charge < -0.3 is 20.7 Å². The van der Waals surface area contributed by atoms with E-state index in [2.05, 4.69) is 0 Å². The van der Waals surface area contributed by atoms with Crippen molar-refractivity contribution in [1.82, 2.24) is 4.90 Å². The molecule has 3 atom stereocenters. The third kappa shape index (κ3) is 10.1. The standard InChI is InChI=1S/C14H30N2O4/c1-4-20-14(19)13(15)7-5-6-8-16(9-11(2)17)10-12(3)18/h11-13,17-18H,4-10,15H2,1-3H3. The van der Waals surface area contributed by atoms with E-state index in [9.17, 15) is 15.0 Å². The van der Waals surface area contributed by atoms with Crippen molar-refractivity contribution >= 4 is 5.97 Å². The average Bonchev–Trinajstić information content (AvgIpc) is 2.32. The average molecular weight is 290 g/mol. The van der Waals surface area contributed by atoms with Gasteiger partial charge in [0.2, 0.25) is 0 Å². The van der Waals surface area contributed by atoms with Gasteiger partial charge in [-0.1, -0.05) is 6.42 Å². The van der Waals surface area contributed by atoms with Crippen LogP contribution in [0.2, 0.25) is 0 Å². The van der Waals surface area contributed by atoms with E-state index < -0.39 is 18.2 Å². The zero-order valence-corrected chi connectivity index (χ0v) is 12.9. The molecule has 0 aromatic carbocycles. The number of nitrogens with two attached hydrogens (primary N) is 1. The third-order valence-electron chi connectivity index (χ3n) is 2.87. The van der Waals surface area contributed by atoms with E-state index in [1.54, 1.807) is 20.8 Å². The molecule has 0 fully saturated rings. The molecule has 0 aromatic heterocycles. The molecule has 0 bridgehead atoms. The number of aliphatic hydroxyl groups excluding tert-OH is 2. The Morgan fingerprint density at radius 3 is 2.20 bits per heavy atom. The summed E-state index contributed by atoms with van der Waals surface area (Å²) in [4.78, 5) is 13.4. The van der Waals surface area contributed by atoms with Crippen LogP contribution in [0.3, 0.4) is 0 Å². The summed E-state index contributed by atoms with van der Waals surface area (Å²) in [5.74, 6) is -0.350. The molecule has 0 aromatic rings. The lowest BCUT2D eigenvalue weighted by Crippen LogP contribution is -2.37. The highest BCUT2D eigenvalue weighted by molar-refractivity contribution is 5.75. The van der Waals surface area contributed by atoms with Crippen LogP contribution in [0.4, 0.5) is 0 Å². The molecule has 0 saturated heterocycles. The molecule has 0 heterocycles. The predicted molar refractivity (Wildman–Crippen MR) is 78.3 cm³/mol. The van der Waals surface area contributed by atoms with Crippen LogP contribution < -0.4 is 5.73 Å². The van der Waals surface area contributed by atoms with Crippen molar-refractivity contribution in [1.29, 1.82) is 0 Å². The first kappa shape index (κ1) is 19.3. The van der Waals surface area contributed by atoms with Crippen LogP contribution in [-0.2, 0) is 9.53 Å². The van der Waals surface area contributed by atoms with E-state index in [-0.39, 0.29) is 5.97 Å². The zero-order valence-electron chi connectivity index (χ0n) is 12.9. The van der Waals surface area contributed by atoms with Crippen molar-refractivity contribution in [3.63, 3.8) is 0 Å². The Morgan fingerprint density at radius 1 is 1.20 bits per heavy atom. The zero-order chi connectivity index (χ0) is 15.5. The predicted octanol–water partition coefficient (Wildman–Crippen LogP) is 0.111. The summed E-state index contributed by atoms with van der Waals surface area (Å²) < 4.78 is 4.85. The first-order chi connectivity index (χ1) is 9.36. The lowest BCUT2D eigenvalue weighted by Gasteiger charge is -2.25. The van der Waals surface area contributed by atoms with Crippen LogP contribution in [0.15, 0.2) is 0 Å². The normalized spacial score (nSPS) is 15.9. The van der Waals surface area contributed by atoms with Gasteiger partial charge in [0, 0.05) is 13.1 Å². The van der Waals surface area contributed by atoms with Crippen LogP contribution in [-0.4, -0.2) is 65.6 Å². The summed E-state index contributed by atoms with van der Waals surface area (Å²) in [5.41, 5.74) is 5.71. The number of hydrogen-bond acceptors (Lipinski definition) is 6. The number of carbonyl (C=O) groups is 1. The topological polar surface area (TPSA) is 96.0 Å². The smallest absolute Gasteiger partial charge is 0.322 e. The van der Waals surface area contributed by atoms with Crippen LogP contribution >= 0.6 is 0 Å². The number of carbonyl (C=O) groups excluding carboxylic acids is 1. The maximum atomic E-state index is 11.3. The molecule has 20 heavy (non-hydrogen) atoms. The first-order valence-electron chi connectivity index (χ1n) is 7.37. The molecule has 0 radical (unpaired) electrons. The molecule has 4 N–H and O–H groups in total. The highest BCUT2D eigenvalue weighted by atomic mass is 16.5. The van der Waals surface area contributed by atoms with Crippen LogP contribution in [0.5, 0.6) is 0 Å². The van der Waals surface area contributed by atoms with Gasteiger partial charge in [-0.25, -0.2) is 0 Å². The van der Waals surface area contributed by atoms with Crippen molar-refractivity contribution < 1.29 is 19.7 Å². The highest BCUT2D eigenvalue weighted by Crippen LogP contribution is 2.04. The molecule has 0 spiro atoms. The molecule has 0 rings (SSSR count). The Hall–Kier alpha value is -0.690. The number of aliphatic hydroxyl groups is 2. The molecule has 0 amide bonds. The van der Waals surface area contributed by atoms with E-state index in [1.807, 2.05) is 4.90 Å². The highest BCUT2D eigenvalue weighted by Gasteiger charge is 2.15. The lowest BCUT2D eigenvalue weighted by atomic mass is 10.1. The Kier molecular flexibility index (Phi) is 10.6. The molecule has 0 aliphatic heterocycles. The van der Waals surface area contributed by atoms with Gasteiger partial charge in [-0.3, -0.25) is 9.69 Å². The monoisotopic (exact) mass is 290 g/mol. The Bertz CT molecular complexity index is 250. The first-order valence-corrected chi connectivity index (χ1v) is 7.37. The molecular weight excluding hydrogens is 260 g/mol. The van der Waals surface area contributed by atoms with Crippen molar-refractivity contribution in [2.24, 2.45) is 5.73 Å². The van der Waals surface area contributed by atoms with E-state index in [4.69, 9.17) is 10.5 Å². The summed E-state index contributed by atoms with van der Waals surface area (Å²) >= 11 is 0. The minimum atomic E-state index is -0.558. The second-order valence-electron chi connectivity index (χ2n) is 5.31. The van der Waals surface area contributed by atoms with Gasteiger partial charge >= 0.3 is 5.97 Å². The molecule has 0 aliphatic carbocycles. The molecule has 6 nitrogen and oxygen atoms in total. The van der Waals surface area contributed by atoms with Crippen LogP contribution in [0.1, 0.15) is 40.0 Å². The number of ether oxygens (including phenoxy) is 1. The Morgan fingerprint density at radius 2 is 1.75 bits per heavy atom. The van der Waals surface area contributed by atoms with Crippen LogP contribution in [0.25, 0.3) is 0 Å². The Balaban J connectivity index is 3.90. The van der Waals surface area contributed by atoms with Gasteiger partial charge in [0.1, 0.15) is 6.04 Å². The fourth-order valence-corrected chi connectivity index (χ4v) is 2.07. The van der Waals surface area contributed by atoms with E-state index in [0.29, 0.717) is 26.1 Å². The summed E-state index contributed by atoms with van der Waals surface area (Å²) in [7, 11) is 0. The quantitative estimate of drug-likeness (QED) is 0.369. The number of esters is 1. The van der Waals surface area contributed by atoms with Crippen molar-refractivity contribution in [2.45, 2.75) is 58.3 Å². The maximum absolute atomic E-state index is 11.3. The summed E-state index contributed by atoms with van der Waals surface area (Å²) in [6, 6.07) is -0.558. The minimum Gasteiger partial charge on any atom is -0.465 e. The molecule has 0 saturated carbocycles. The number of nitrogens with zero attached hydrogens (tertiary/aromatic N) is 1. The van der Waals surface area contributed by atoms with E-state index in [0.717, 1.165) is 19.4 Å². The third-order valence-corrected chi connectivity index (χ3v) is 2.87. The maximum Gasteiger partial charge on any atom is 0.322 e. The summed E-state index contributed by atoms with van der Waals surface area (Å²) in [6.45, 7) is 7.41. The second kappa shape index (κ2) is 11.0. The van der Waals surface area contributed by atoms with Crippen molar-refractivity contribution in [2.75, 3.05) is 26.2 Å². The minimum absolute atomic E-state index is 0.350. The number of hydrogen-bond donors (Lipinski definition) is 3. The molecule has 120 valence electrons. The summed E-state index contributed by atoms with van der Waals surface area (Å²) in [5, 5.41) is 18.8.